The first-order valence-corrected chi connectivity index (χ1v) is 16.0. The second-order valence-electron chi connectivity index (χ2n) is 10.4. The van der Waals surface area contributed by atoms with Crippen molar-refractivity contribution in [1.82, 2.24) is 15.1 Å². The van der Waals surface area contributed by atoms with Gasteiger partial charge in [-0.1, -0.05) is 54.1 Å². The van der Waals surface area contributed by atoms with Gasteiger partial charge in [-0.25, -0.2) is 4.79 Å². The first kappa shape index (κ1) is 28.3. The highest BCUT2D eigenvalue weighted by molar-refractivity contribution is 7.70. The van der Waals surface area contributed by atoms with E-state index in [4.69, 9.17) is 11.6 Å². The molecule has 0 aliphatic heterocycles. The second-order valence-corrected chi connectivity index (χ2v) is 14.1. The predicted octanol–water partition coefficient (Wildman–Crippen LogP) is 6.84. The van der Waals surface area contributed by atoms with Gasteiger partial charge in [0.1, 0.15) is 7.14 Å². The first-order chi connectivity index (χ1) is 19.5. The molecule has 0 saturated carbocycles. The summed E-state index contributed by atoms with van der Waals surface area (Å²) < 4.78 is 14.6. The molecular weight excluding hydrogens is 557 g/mol. The van der Waals surface area contributed by atoms with Crippen molar-refractivity contribution in [2.75, 3.05) is 13.3 Å². The predicted molar refractivity (Wildman–Crippen MR) is 164 cm³/mol. The fourth-order valence-corrected chi connectivity index (χ4v) is 5.90. The largest absolute Gasteiger partial charge is 0.478 e. The first-order valence-electron chi connectivity index (χ1n) is 13.0. The molecule has 0 aliphatic carbocycles. The van der Waals surface area contributed by atoms with E-state index in [-0.39, 0.29) is 17.5 Å². The normalized spacial score (nSPS) is 12.3. The number of aromatic carboxylic acids is 1. The van der Waals surface area contributed by atoms with E-state index in [1.165, 1.54) is 12.1 Å². The summed E-state index contributed by atoms with van der Waals surface area (Å²) in [5.74, 6) is -1.31. The minimum absolute atomic E-state index is 0.178. The Bertz CT molecular complexity index is 1830. The molecule has 0 radical (unpaired) electrons. The zero-order valence-electron chi connectivity index (χ0n) is 22.8. The average Bonchev–Trinajstić information content (AvgIpc) is 3.34. The fourth-order valence-electron chi connectivity index (χ4n) is 4.79. The minimum Gasteiger partial charge on any atom is -0.478 e. The van der Waals surface area contributed by atoms with Crippen LogP contribution in [-0.4, -0.2) is 40.1 Å². The molecule has 5 rings (SSSR count). The number of carboxylic acids is 1. The van der Waals surface area contributed by atoms with Crippen LogP contribution in [0, 0.1) is 0 Å². The van der Waals surface area contributed by atoms with Gasteiger partial charge in [-0.15, -0.1) is 0 Å². The van der Waals surface area contributed by atoms with Crippen LogP contribution in [0.4, 0.5) is 0 Å². The maximum absolute atomic E-state index is 13.9. The highest BCUT2D eigenvalue weighted by Gasteiger charge is 2.20. The van der Waals surface area contributed by atoms with Crippen molar-refractivity contribution < 1.29 is 19.3 Å². The molecule has 1 amide bonds. The van der Waals surface area contributed by atoms with Crippen molar-refractivity contribution in [2.24, 2.45) is 0 Å². The van der Waals surface area contributed by atoms with Crippen molar-refractivity contribution >= 4 is 46.8 Å². The number of aromatic nitrogens is 2. The third-order valence-corrected chi connectivity index (χ3v) is 8.76. The van der Waals surface area contributed by atoms with Crippen LogP contribution in [0.5, 0.6) is 0 Å². The van der Waals surface area contributed by atoms with E-state index in [0.717, 1.165) is 32.9 Å². The second kappa shape index (κ2) is 11.4. The van der Waals surface area contributed by atoms with Gasteiger partial charge in [0.25, 0.3) is 5.91 Å². The van der Waals surface area contributed by atoms with Crippen LogP contribution in [0.2, 0.25) is 5.02 Å². The number of hydrogen-bond acceptors (Lipinski definition) is 4. The van der Waals surface area contributed by atoms with Gasteiger partial charge in [-0.3, -0.25) is 9.48 Å². The molecule has 0 fully saturated rings. The van der Waals surface area contributed by atoms with Crippen LogP contribution in [-0.2, 0) is 11.1 Å². The van der Waals surface area contributed by atoms with Gasteiger partial charge in [0, 0.05) is 15.7 Å². The number of carboxylic acid groups (broad SMARTS) is 1. The highest BCUT2D eigenvalue weighted by Crippen LogP contribution is 2.36. The molecule has 0 aliphatic rings. The van der Waals surface area contributed by atoms with E-state index in [0.29, 0.717) is 22.6 Å². The maximum atomic E-state index is 13.9. The van der Waals surface area contributed by atoms with E-state index in [1.54, 1.807) is 42.4 Å². The summed E-state index contributed by atoms with van der Waals surface area (Å²) in [7, 11) is -2.49. The smallest absolute Gasteiger partial charge is 0.335 e. The van der Waals surface area contributed by atoms with Crippen LogP contribution in [0.25, 0.3) is 22.0 Å². The van der Waals surface area contributed by atoms with Gasteiger partial charge in [0.2, 0.25) is 0 Å². The summed E-state index contributed by atoms with van der Waals surface area (Å²) in [6.45, 7) is 5.73. The molecule has 1 heterocycles. The Morgan fingerprint density at radius 3 is 2.39 bits per heavy atom. The molecular formula is C32H29ClN3O4P. The zero-order chi connectivity index (χ0) is 29.3. The van der Waals surface area contributed by atoms with E-state index in [9.17, 15) is 19.3 Å². The molecule has 0 saturated heterocycles. The Morgan fingerprint density at radius 2 is 1.71 bits per heavy atom. The third-order valence-electron chi connectivity index (χ3n) is 7.01. The number of halogens is 1. The van der Waals surface area contributed by atoms with Crippen molar-refractivity contribution in [1.29, 1.82) is 0 Å². The van der Waals surface area contributed by atoms with Crippen molar-refractivity contribution in [2.45, 2.75) is 19.5 Å². The van der Waals surface area contributed by atoms with Crippen LogP contribution in [0.1, 0.15) is 44.8 Å². The molecule has 4 aromatic carbocycles. The third kappa shape index (κ3) is 6.27. The van der Waals surface area contributed by atoms with E-state index < -0.39 is 13.1 Å². The molecule has 0 bridgehead atoms. The molecule has 208 valence electrons. The van der Waals surface area contributed by atoms with Gasteiger partial charge in [0.15, 0.2) is 0 Å². The highest BCUT2D eigenvalue weighted by atomic mass is 35.5. The lowest BCUT2D eigenvalue weighted by Gasteiger charge is -2.17. The van der Waals surface area contributed by atoms with Gasteiger partial charge in [-0.05, 0) is 85.0 Å². The number of fused-ring (bicyclic) bond motifs is 1. The summed E-state index contributed by atoms with van der Waals surface area (Å²) in [4.78, 5) is 25.1. The monoisotopic (exact) mass is 585 g/mol. The average molecular weight is 586 g/mol. The number of amides is 1. The minimum atomic E-state index is -2.49. The zero-order valence-corrected chi connectivity index (χ0v) is 24.5. The fraction of sp³-hybridized carbons (Fsp3) is 0.156. The summed E-state index contributed by atoms with van der Waals surface area (Å²) >= 11 is 6.21. The van der Waals surface area contributed by atoms with Crippen LogP contribution in [0.15, 0.2) is 91.1 Å². The molecule has 41 heavy (non-hydrogen) atoms. The summed E-state index contributed by atoms with van der Waals surface area (Å²) in [6, 6.07) is 24.9. The van der Waals surface area contributed by atoms with Gasteiger partial charge in [0.05, 0.1) is 35.4 Å². The number of rotatable bonds is 8. The Balaban J connectivity index is 1.58. The molecule has 7 nitrogen and oxygen atoms in total. The number of nitrogens with one attached hydrogen (secondary N) is 1. The Hall–Kier alpha value is -4.19. The van der Waals surface area contributed by atoms with Crippen molar-refractivity contribution in [3.63, 3.8) is 0 Å². The lowest BCUT2D eigenvalue weighted by atomic mass is 9.99. The Kier molecular flexibility index (Phi) is 7.85. The summed E-state index contributed by atoms with van der Waals surface area (Å²) in [6.07, 6.45) is 1.74. The molecule has 0 unspecified atom stereocenters. The van der Waals surface area contributed by atoms with E-state index in [1.807, 2.05) is 61.5 Å². The number of benzene rings is 4. The summed E-state index contributed by atoms with van der Waals surface area (Å²) in [5.41, 5.74) is 4.66. The van der Waals surface area contributed by atoms with Gasteiger partial charge < -0.3 is 15.0 Å². The molecule has 0 spiro atoms. The van der Waals surface area contributed by atoms with Crippen LogP contribution in [0.3, 0.4) is 0 Å². The van der Waals surface area contributed by atoms with E-state index in [2.05, 4.69) is 10.4 Å². The van der Waals surface area contributed by atoms with Crippen molar-refractivity contribution in [3.05, 3.63) is 118 Å². The van der Waals surface area contributed by atoms with Crippen molar-refractivity contribution in [3.8, 4) is 11.1 Å². The molecule has 5 aromatic rings. The van der Waals surface area contributed by atoms with E-state index >= 15 is 0 Å². The quantitative estimate of drug-likeness (QED) is 0.194. The Labute approximate surface area is 243 Å². The topological polar surface area (TPSA) is 101 Å². The van der Waals surface area contributed by atoms with Crippen LogP contribution < -0.4 is 10.6 Å². The molecule has 1 atom stereocenters. The van der Waals surface area contributed by atoms with Gasteiger partial charge >= 0.3 is 5.97 Å². The Morgan fingerprint density at radius 1 is 0.976 bits per heavy atom. The lowest BCUT2D eigenvalue weighted by molar-refractivity contribution is 0.0696. The number of carbonyl (C=O) groups excluding carboxylic acids is 1. The summed E-state index contributed by atoms with van der Waals surface area (Å²) in [5, 5.41) is 19.1. The van der Waals surface area contributed by atoms with Gasteiger partial charge in [-0.2, -0.15) is 5.10 Å². The standard InChI is InChI=1S/C32H29ClN3O4P/c1-20(22-10-12-23(13-11-22)32(38)39)35-31(37)29-17-25(24-7-5-9-28(16-24)41(2,3)40)15-26-18-34-36(30(26)29)19-21-6-4-8-27(33)14-21/h4-18,20H,19H2,1-3H3,(H,35,37)(H,38,39)/t20-/m0/s1. The number of carbonyl (C=O) groups is 2. The van der Waals surface area contributed by atoms with Crippen LogP contribution >= 0.6 is 18.7 Å². The number of nitrogens with zero attached hydrogens (tertiary/aromatic N) is 2. The number of hydrogen-bond donors (Lipinski definition) is 2. The SMILES string of the molecule is C[C@H](NC(=O)c1cc(-c2cccc(P(C)(C)=O)c2)cc2cnn(Cc3cccc(Cl)c3)c12)c1ccc(C(=O)O)cc1. The molecule has 2 N–H and O–H groups in total. The lowest BCUT2D eigenvalue weighted by Crippen LogP contribution is -2.27. The molecule has 1 aromatic heterocycles. The maximum Gasteiger partial charge on any atom is 0.335 e. The molecule has 9 heteroatoms.